The molecule has 2 heterocycles. The van der Waals surface area contributed by atoms with Crippen LogP contribution in [0, 0.1) is 0 Å². The number of urea groups is 1. The van der Waals surface area contributed by atoms with Gasteiger partial charge in [-0.1, -0.05) is 32.6 Å². The summed E-state index contributed by atoms with van der Waals surface area (Å²) in [6, 6.07) is 1.93. The minimum Gasteiger partial charge on any atom is -0.371 e. The SMILES string of the molecule is CCCc1cc(NC(=O)N2CCOC3(CCCCC3)C2)n(C)n1. The Balaban J connectivity index is 1.63. The van der Waals surface area contributed by atoms with Crippen LogP contribution >= 0.6 is 0 Å². The summed E-state index contributed by atoms with van der Waals surface area (Å²) < 4.78 is 7.81. The normalized spacial score (nSPS) is 20.7. The number of rotatable bonds is 3. The number of amides is 2. The van der Waals surface area contributed by atoms with Crippen LogP contribution < -0.4 is 5.32 Å². The van der Waals surface area contributed by atoms with Gasteiger partial charge in [-0.15, -0.1) is 0 Å². The molecular weight excluding hydrogens is 292 g/mol. The van der Waals surface area contributed by atoms with Crippen LogP contribution in [0.1, 0.15) is 51.1 Å². The number of nitrogens with one attached hydrogen (secondary N) is 1. The predicted molar refractivity (Wildman–Crippen MR) is 89.6 cm³/mol. The largest absolute Gasteiger partial charge is 0.371 e. The highest BCUT2D eigenvalue weighted by Crippen LogP contribution is 2.34. The fraction of sp³-hybridized carbons (Fsp3) is 0.765. The van der Waals surface area contributed by atoms with Crippen molar-refractivity contribution in [2.45, 2.75) is 57.5 Å². The highest BCUT2D eigenvalue weighted by Gasteiger charge is 2.39. The van der Waals surface area contributed by atoms with Crippen LogP contribution in [0.25, 0.3) is 0 Å². The Morgan fingerprint density at radius 2 is 2.17 bits per heavy atom. The number of ether oxygens (including phenoxy) is 1. The van der Waals surface area contributed by atoms with Gasteiger partial charge in [0, 0.05) is 19.7 Å². The molecular formula is C17H28N4O2. The molecule has 6 heteroatoms. The second-order valence-electron chi connectivity index (χ2n) is 6.84. The molecule has 1 saturated heterocycles. The average molecular weight is 320 g/mol. The van der Waals surface area contributed by atoms with Crippen molar-refractivity contribution in [2.24, 2.45) is 7.05 Å². The molecule has 2 aliphatic rings. The third-order valence-corrected chi connectivity index (χ3v) is 4.97. The van der Waals surface area contributed by atoms with E-state index in [1.54, 1.807) is 4.68 Å². The lowest BCUT2D eigenvalue weighted by Gasteiger charge is -2.44. The highest BCUT2D eigenvalue weighted by molar-refractivity contribution is 5.88. The summed E-state index contributed by atoms with van der Waals surface area (Å²) in [5.41, 5.74) is 0.921. The Kier molecular flexibility index (Phi) is 4.90. The Hall–Kier alpha value is -1.56. The van der Waals surface area contributed by atoms with Crippen molar-refractivity contribution in [1.82, 2.24) is 14.7 Å². The molecule has 128 valence electrons. The number of morpholine rings is 1. The Morgan fingerprint density at radius 1 is 1.39 bits per heavy atom. The number of nitrogens with zero attached hydrogens (tertiary/aromatic N) is 3. The summed E-state index contributed by atoms with van der Waals surface area (Å²) in [4.78, 5) is 14.5. The lowest BCUT2D eigenvalue weighted by atomic mass is 9.83. The molecule has 1 aliphatic carbocycles. The first-order valence-corrected chi connectivity index (χ1v) is 8.85. The summed E-state index contributed by atoms with van der Waals surface area (Å²) in [6.45, 7) is 4.13. The molecule has 2 amide bonds. The lowest BCUT2D eigenvalue weighted by Crippen LogP contribution is -2.55. The van der Waals surface area contributed by atoms with Crippen LogP contribution in [-0.4, -0.2) is 46.0 Å². The summed E-state index contributed by atoms with van der Waals surface area (Å²) >= 11 is 0. The molecule has 0 unspecified atom stereocenters. The zero-order valence-electron chi connectivity index (χ0n) is 14.3. The number of anilines is 1. The smallest absolute Gasteiger partial charge is 0.323 e. The van der Waals surface area contributed by atoms with Gasteiger partial charge in [-0.3, -0.25) is 10.00 Å². The van der Waals surface area contributed by atoms with Crippen molar-refractivity contribution >= 4 is 11.8 Å². The lowest BCUT2D eigenvalue weighted by molar-refractivity contribution is -0.115. The van der Waals surface area contributed by atoms with Crippen LogP contribution in [-0.2, 0) is 18.2 Å². The van der Waals surface area contributed by atoms with E-state index in [1.165, 1.54) is 19.3 Å². The molecule has 0 aromatic carbocycles. The second kappa shape index (κ2) is 6.91. The molecule has 0 radical (unpaired) electrons. The monoisotopic (exact) mass is 320 g/mol. The first-order valence-electron chi connectivity index (χ1n) is 8.85. The van der Waals surface area contributed by atoms with E-state index >= 15 is 0 Å². The highest BCUT2D eigenvalue weighted by atomic mass is 16.5. The van der Waals surface area contributed by atoms with Crippen molar-refractivity contribution in [3.63, 3.8) is 0 Å². The molecule has 6 nitrogen and oxygen atoms in total. The van der Waals surface area contributed by atoms with Crippen molar-refractivity contribution in [2.75, 3.05) is 25.0 Å². The van der Waals surface area contributed by atoms with Gasteiger partial charge >= 0.3 is 6.03 Å². The Bertz CT molecular complexity index is 543. The van der Waals surface area contributed by atoms with E-state index in [9.17, 15) is 4.79 Å². The van der Waals surface area contributed by atoms with Crippen molar-refractivity contribution in [3.8, 4) is 0 Å². The van der Waals surface area contributed by atoms with Crippen LogP contribution in [0.3, 0.4) is 0 Å². The van der Waals surface area contributed by atoms with Crippen LogP contribution in [0.4, 0.5) is 10.6 Å². The molecule has 1 saturated carbocycles. The van der Waals surface area contributed by atoms with E-state index in [0.717, 1.165) is 37.2 Å². The first kappa shape index (κ1) is 16.3. The fourth-order valence-corrected chi connectivity index (χ4v) is 3.73. The summed E-state index contributed by atoms with van der Waals surface area (Å²) in [5, 5.41) is 7.45. The number of aryl methyl sites for hydroxylation is 2. The quantitative estimate of drug-likeness (QED) is 0.931. The van der Waals surface area contributed by atoms with E-state index in [4.69, 9.17) is 4.74 Å². The molecule has 0 atom stereocenters. The van der Waals surface area contributed by atoms with Gasteiger partial charge in [-0.05, 0) is 19.3 Å². The van der Waals surface area contributed by atoms with Gasteiger partial charge in [-0.2, -0.15) is 5.10 Å². The fourth-order valence-electron chi connectivity index (χ4n) is 3.73. The van der Waals surface area contributed by atoms with Crippen molar-refractivity contribution in [3.05, 3.63) is 11.8 Å². The molecule has 2 fully saturated rings. The third kappa shape index (κ3) is 3.68. The van der Waals surface area contributed by atoms with E-state index in [0.29, 0.717) is 19.7 Å². The van der Waals surface area contributed by atoms with Crippen LogP contribution in [0.2, 0.25) is 0 Å². The van der Waals surface area contributed by atoms with E-state index in [2.05, 4.69) is 17.3 Å². The van der Waals surface area contributed by atoms with E-state index in [-0.39, 0.29) is 11.6 Å². The van der Waals surface area contributed by atoms with Gasteiger partial charge in [0.1, 0.15) is 5.82 Å². The number of carbonyl (C=O) groups excluding carboxylic acids is 1. The molecule has 1 aromatic heterocycles. The zero-order chi connectivity index (χ0) is 16.3. The van der Waals surface area contributed by atoms with Gasteiger partial charge in [0.05, 0.1) is 24.4 Å². The van der Waals surface area contributed by atoms with Crippen LogP contribution in [0.5, 0.6) is 0 Å². The molecule has 1 N–H and O–H groups in total. The van der Waals surface area contributed by atoms with Gasteiger partial charge in [-0.25, -0.2) is 4.79 Å². The van der Waals surface area contributed by atoms with Gasteiger partial charge < -0.3 is 9.64 Å². The molecule has 3 rings (SSSR count). The third-order valence-electron chi connectivity index (χ3n) is 4.97. The summed E-state index contributed by atoms with van der Waals surface area (Å²) in [5.74, 6) is 0.766. The topological polar surface area (TPSA) is 59.4 Å². The van der Waals surface area contributed by atoms with Crippen LogP contribution in [0.15, 0.2) is 6.07 Å². The molecule has 0 bridgehead atoms. The average Bonchev–Trinajstić information content (AvgIpc) is 2.88. The second-order valence-corrected chi connectivity index (χ2v) is 6.84. The maximum Gasteiger partial charge on any atom is 0.323 e. The molecule has 1 spiro atoms. The Morgan fingerprint density at radius 3 is 2.91 bits per heavy atom. The van der Waals surface area contributed by atoms with E-state index < -0.39 is 0 Å². The van der Waals surface area contributed by atoms with Gasteiger partial charge in [0.25, 0.3) is 0 Å². The van der Waals surface area contributed by atoms with Crippen molar-refractivity contribution < 1.29 is 9.53 Å². The summed E-state index contributed by atoms with van der Waals surface area (Å²) in [7, 11) is 1.87. The predicted octanol–water partition coefficient (Wildman–Crippen LogP) is 2.94. The number of hydrogen-bond acceptors (Lipinski definition) is 3. The minimum atomic E-state index is -0.104. The maximum absolute atomic E-state index is 12.6. The van der Waals surface area contributed by atoms with Crippen molar-refractivity contribution in [1.29, 1.82) is 0 Å². The van der Waals surface area contributed by atoms with Gasteiger partial charge in [0.15, 0.2) is 0 Å². The molecule has 1 aliphatic heterocycles. The maximum atomic E-state index is 12.6. The standard InChI is InChI=1S/C17H28N4O2/c1-3-7-14-12-15(20(2)19-14)18-16(22)21-10-11-23-17(13-21)8-5-4-6-9-17/h12H,3-11,13H2,1-2H3,(H,18,22). The number of hydrogen-bond donors (Lipinski definition) is 1. The number of carbonyl (C=O) groups is 1. The zero-order valence-corrected chi connectivity index (χ0v) is 14.3. The molecule has 1 aromatic rings. The van der Waals surface area contributed by atoms with Gasteiger partial charge in [0.2, 0.25) is 0 Å². The minimum absolute atomic E-state index is 0.0377. The summed E-state index contributed by atoms with van der Waals surface area (Å²) in [6.07, 6.45) is 7.83. The Labute approximate surface area is 138 Å². The van der Waals surface area contributed by atoms with E-state index in [1.807, 2.05) is 18.0 Å². The first-order chi connectivity index (χ1) is 11.1. The molecule has 23 heavy (non-hydrogen) atoms. The number of aromatic nitrogens is 2.